The second kappa shape index (κ2) is 9.65. The molecule has 2 aromatic heterocycles. The lowest BCUT2D eigenvalue weighted by Gasteiger charge is -2.14. The van der Waals surface area contributed by atoms with Gasteiger partial charge in [0.25, 0.3) is 11.8 Å². The van der Waals surface area contributed by atoms with Crippen LogP contribution in [0.5, 0.6) is 11.5 Å². The molecule has 1 aromatic carbocycles. The van der Waals surface area contributed by atoms with Crippen LogP contribution in [0.25, 0.3) is 11.5 Å². The third-order valence-electron chi connectivity index (χ3n) is 4.02. The average Bonchev–Trinajstić information content (AvgIpc) is 3.25. The number of benzene rings is 1. The van der Waals surface area contributed by atoms with Crippen LogP contribution < -0.4 is 14.8 Å². The van der Waals surface area contributed by atoms with E-state index in [9.17, 15) is 14.0 Å². The Bertz CT molecular complexity index is 1070. The molecule has 162 valence electrons. The van der Waals surface area contributed by atoms with Gasteiger partial charge in [-0.1, -0.05) is 5.16 Å². The highest BCUT2D eigenvalue weighted by molar-refractivity contribution is 5.96. The molecule has 0 saturated carbocycles. The fraction of sp³-hybridized carbons (Fsp3) is 0.250. The van der Waals surface area contributed by atoms with Crippen LogP contribution in [0.15, 0.2) is 41.1 Å². The van der Waals surface area contributed by atoms with Gasteiger partial charge in [0.1, 0.15) is 5.82 Å². The Morgan fingerprint density at radius 2 is 1.97 bits per heavy atom. The predicted molar refractivity (Wildman–Crippen MR) is 104 cm³/mol. The fourth-order valence-electron chi connectivity index (χ4n) is 2.53. The Morgan fingerprint density at radius 1 is 1.23 bits per heavy atom. The summed E-state index contributed by atoms with van der Waals surface area (Å²) in [5, 5.41) is 6.49. The molecule has 0 fully saturated rings. The number of ether oxygens (including phenoxy) is 3. The number of hydrogen-bond acceptors (Lipinski definition) is 9. The molecule has 1 unspecified atom stereocenters. The number of methoxy groups -OCH3 is 1. The molecule has 1 atom stereocenters. The van der Waals surface area contributed by atoms with E-state index in [1.807, 2.05) is 0 Å². The van der Waals surface area contributed by atoms with Gasteiger partial charge in [0.2, 0.25) is 5.75 Å². The zero-order valence-corrected chi connectivity index (χ0v) is 16.9. The lowest BCUT2D eigenvalue weighted by molar-refractivity contribution is 0.0914. The summed E-state index contributed by atoms with van der Waals surface area (Å²) in [7, 11) is 1.36. The predicted octanol–water partition coefficient (Wildman–Crippen LogP) is 3.31. The van der Waals surface area contributed by atoms with E-state index >= 15 is 0 Å². The second-order valence-electron chi connectivity index (χ2n) is 6.14. The molecule has 0 aliphatic rings. The molecule has 10 nitrogen and oxygen atoms in total. The molecule has 11 heteroatoms. The van der Waals surface area contributed by atoms with Crippen LogP contribution in [0.2, 0.25) is 0 Å². The molecule has 3 rings (SSSR count). The topological polar surface area (TPSA) is 126 Å². The number of rotatable bonds is 7. The smallest absolute Gasteiger partial charge is 0.493 e. The van der Waals surface area contributed by atoms with Crippen molar-refractivity contribution in [3.05, 3.63) is 53.9 Å². The number of carbonyl (C=O) groups is 2. The second-order valence-corrected chi connectivity index (χ2v) is 6.14. The van der Waals surface area contributed by atoms with Gasteiger partial charge in [-0.3, -0.25) is 4.79 Å². The van der Waals surface area contributed by atoms with E-state index in [1.54, 1.807) is 13.8 Å². The van der Waals surface area contributed by atoms with Crippen molar-refractivity contribution in [1.29, 1.82) is 0 Å². The maximum Gasteiger partial charge on any atom is 0.514 e. The zero-order chi connectivity index (χ0) is 22.4. The molecular weight excluding hydrogens is 411 g/mol. The highest BCUT2D eigenvalue weighted by Crippen LogP contribution is 2.30. The lowest BCUT2D eigenvalue weighted by atomic mass is 10.2. The van der Waals surface area contributed by atoms with Crippen molar-refractivity contribution < 1.29 is 32.7 Å². The minimum atomic E-state index is -1.00. The van der Waals surface area contributed by atoms with Crippen molar-refractivity contribution in [1.82, 2.24) is 20.4 Å². The normalized spacial score (nSPS) is 11.5. The summed E-state index contributed by atoms with van der Waals surface area (Å²) in [6.07, 6.45) is 0.329. The molecule has 1 N–H and O–H groups in total. The third kappa shape index (κ3) is 5.13. The SMILES string of the molecule is CCOC(=O)Oc1c(OC)ccnc1C(=O)NC(C)c1noc(-c2ccc(F)cc2)n1. The summed E-state index contributed by atoms with van der Waals surface area (Å²) < 4.78 is 33.3. The molecule has 2 heterocycles. The number of hydrogen-bond donors (Lipinski definition) is 1. The van der Waals surface area contributed by atoms with Crippen LogP contribution in [-0.4, -0.2) is 40.9 Å². The minimum Gasteiger partial charge on any atom is -0.493 e. The van der Waals surface area contributed by atoms with Crippen molar-refractivity contribution >= 4 is 12.1 Å². The first-order valence-corrected chi connectivity index (χ1v) is 9.21. The minimum absolute atomic E-state index is 0.0915. The maximum absolute atomic E-state index is 13.1. The summed E-state index contributed by atoms with van der Waals surface area (Å²) >= 11 is 0. The van der Waals surface area contributed by atoms with E-state index in [2.05, 4.69) is 20.4 Å². The number of amides is 1. The Morgan fingerprint density at radius 3 is 2.65 bits per heavy atom. The van der Waals surface area contributed by atoms with E-state index in [-0.39, 0.29) is 35.5 Å². The van der Waals surface area contributed by atoms with Crippen LogP contribution in [0.1, 0.15) is 36.2 Å². The monoisotopic (exact) mass is 430 g/mol. The number of carbonyl (C=O) groups excluding carboxylic acids is 2. The van der Waals surface area contributed by atoms with Gasteiger partial charge in [-0.25, -0.2) is 14.2 Å². The van der Waals surface area contributed by atoms with Gasteiger partial charge in [0.15, 0.2) is 17.3 Å². The largest absolute Gasteiger partial charge is 0.514 e. The first-order valence-electron chi connectivity index (χ1n) is 9.21. The van der Waals surface area contributed by atoms with Crippen LogP contribution in [0, 0.1) is 5.82 Å². The number of nitrogens with zero attached hydrogens (tertiary/aromatic N) is 3. The van der Waals surface area contributed by atoms with Crippen LogP contribution in [-0.2, 0) is 4.74 Å². The Balaban J connectivity index is 1.78. The van der Waals surface area contributed by atoms with E-state index < -0.39 is 23.9 Å². The summed E-state index contributed by atoms with van der Waals surface area (Å²) in [6.45, 7) is 3.33. The first kappa shape index (κ1) is 21.7. The molecule has 0 saturated heterocycles. The van der Waals surface area contributed by atoms with Crippen LogP contribution >= 0.6 is 0 Å². The molecular formula is C20H19FN4O6. The quantitative estimate of drug-likeness (QED) is 0.562. The highest BCUT2D eigenvalue weighted by Gasteiger charge is 2.25. The molecule has 1 amide bonds. The van der Waals surface area contributed by atoms with E-state index in [0.29, 0.717) is 5.56 Å². The Kier molecular flexibility index (Phi) is 6.75. The van der Waals surface area contributed by atoms with Gasteiger partial charge >= 0.3 is 6.16 Å². The summed E-state index contributed by atoms with van der Waals surface area (Å²) in [5.41, 5.74) is 0.333. The molecule has 0 aliphatic heterocycles. The van der Waals surface area contributed by atoms with Crippen molar-refractivity contribution in [2.24, 2.45) is 0 Å². The number of pyridine rings is 1. The Labute approximate surface area is 176 Å². The van der Waals surface area contributed by atoms with Crippen molar-refractivity contribution in [2.45, 2.75) is 19.9 Å². The molecule has 31 heavy (non-hydrogen) atoms. The summed E-state index contributed by atoms with van der Waals surface area (Å²) in [6, 6.07) is 6.27. The van der Waals surface area contributed by atoms with Gasteiger partial charge in [0, 0.05) is 17.8 Å². The van der Waals surface area contributed by atoms with Crippen molar-refractivity contribution in [2.75, 3.05) is 13.7 Å². The van der Waals surface area contributed by atoms with Crippen LogP contribution in [0.4, 0.5) is 9.18 Å². The lowest BCUT2D eigenvalue weighted by Crippen LogP contribution is -2.29. The maximum atomic E-state index is 13.1. The van der Waals surface area contributed by atoms with Gasteiger partial charge in [-0.2, -0.15) is 4.98 Å². The summed E-state index contributed by atoms with van der Waals surface area (Å²) in [4.78, 5) is 32.7. The first-order chi connectivity index (χ1) is 14.9. The number of aromatic nitrogens is 3. The van der Waals surface area contributed by atoms with Gasteiger partial charge in [0.05, 0.1) is 19.8 Å². The van der Waals surface area contributed by atoms with E-state index in [4.69, 9.17) is 18.7 Å². The number of halogens is 1. The van der Waals surface area contributed by atoms with Gasteiger partial charge in [-0.15, -0.1) is 0 Å². The molecule has 0 bridgehead atoms. The number of nitrogens with one attached hydrogen (secondary N) is 1. The van der Waals surface area contributed by atoms with Gasteiger partial charge in [-0.05, 0) is 38.1 Å². The van der Waals surface area contributed by atoms with Crippen molar-refractivity contribution in [3.63, 3.8) is 0 Å². The van der Waals surface area contributed by atoms with Gasteiger partial charge < -0.3 is 24.1 Å². The van der Waals surface area contributed by atoms with Crippen LogP contribution in [0.3, 0.4) is 0 Å². The zero-order valence-electron chi connectivity index (χ0n) is 16.9. The highest BCUT2D eigenvalue weighted by atomic mass is 19.1. The van der Waals surface area contributed by atoms with Crippen molar-refractivity contribution in [3.8, 4) is 23.0 Å². The molecule has 3 aromatic rings. The standard InChI is InChI=1S/C20H19FN4O6/c1-4-29-20(27)30-16-14(28-3)9-10-22-15(16)18(26)23-11(2)17-24-19(31-25-17)12-5-7-13(21)8-6-12/h5-11H,4H2,1-3H3,(H,23,26). The summed E-state index contributed by atoms with van der Waals surface area (Å²) in [5.74, 6) is -0.771. The fourth-order valence-corrected chi connectivity index (χ4v) is 2.53. The molecule has 0 radical (unpaired) electrons. The average molecular weight is 430 g/mol. The van der Waals surface area contributed by atoms with E-state index in [0.717, 1.165) is 0 Å². The molecule has 0 spiro atoms. The van der Waals surface area contributed by atoms with E-state index in [1.165, 1.54) is 43.6 Å². The third-order valence-corrected chi connectivity index (χ3v) is 4.02. The molecule has 0 aliphatic carbocycles. The Hall–Kier alpha value is -4.02.